The number of hydrogen-bond acceptors (Lipinski definition) is 7. The maximum absolute atomic E-state index is 13.4. The van der Waals surface area contributed by atoms with E-state index in [1.165, 1.54) is 23.2 Å². The third kappa shape index (κ3) is 10.5. The highest BCUT2D eigenvalue weighted by atomic mass is 16.4. The predicted octanol–water partition coefficient (Wildman–Crippen LogP) is 3.69. The van der Waals surface area contributed by atoms with Crippen LogP contribution in [0, 0.1) is 0 Å². The van der Waals surface area contributed by atoms with Gasteiger partial charge in [-0.05, 0) is 55.6 Å². The fourth-order valence-corrected chi connectivity index (χ4v) is 6.34. The van der Waals surface area contributed by atoms with Gasteiger partial charge < -0.3 is 46.1 Å². The van der Waals surface area contributed by atoms with Crippen LogP contribution in [-0.2, 0) is 4.79 Å². The van der Waals surface area contributed by atoms with Crippen molar-refractivity contribution < 1.29 is 34.0 Å². The van der Waals surface area contributed by atoms with Gasteiger partial charge in [-0.25, -0.2) is 9.59 Å². The molecule has 1 atom stereocenters. The van der Waals surface area contributed by atoms with Gasteiger partial charge in [-0.3, -0.25) is 14.4 Å². The summed E-state index contributed by atoms with van der Waals surface area (Å²) in [6, 6.07) is 19.4. The summed E-state index contributed by atoms with van der Waals surface area (Å²) in [5.74, 6) is -1.39. The fourth-order valence-electron chi connectivity index (χ4n) is 6.34. The van der Waals surface area contributed by atoms with Gasteiger partial charge >= 0.3 is 19.2 Å². The second-order valence-electron chi connectivity index (χ2n) is 13.1. The van der Waals surface area contributed by atoms with Gasteiger partial charge in [0, 0.05) is 61.6 Å². The van der Waals surface area contributed by atoms with Crippen molar-refractivity contribution in [3.63, 3.8) is 0 Å². The van der Waals surface area contributed by atoms with E-state index >= 15 is 0 Å². The van der Waals surface area contributed by atoms with Gasteiger partial charge in [0.25, 0.3) is 17.6 Å². The Labute approximate surface area is 308 Å². The van der Waals surface area contributed by atoms with Crippen LogP contribution >= 0.6 is 0 Å². The number of rotatable bonds is 15. The van der Waals surface area contributed by atoms with Crippen LogP contribution in [0.15, 0.2) is 79.0 Å². The molecule has 1 aliphatic rings. The Bertz CT molecular complexity index is 1880. The highest BCUT2D eigenvalue weighted by Crippen LogP contribution is 2.27. The van der Waals surface area contributed by atoms with Crippen molar-refractivity contribution in [1.29, 1.82) is 0 Å². The highest BCUT2D eigenvalue weighted by Gasteiger charge is 2.34. The number of ketones is 1. The summed E-state index contributed by atoms with van der Waals surface area (Å²) in [5.41, 5.74) is 2.72. The summed E-state index contributed by atoms with van der Waals surface area (Å²) in [4.78, 5) is 70.7. The topological polar surface area (TPSA) is 196 Å². The van der Waals surface area contributed by atoms with E-state index in [1.807, 2.05) is 25.1 Å². The van der Waals surface area contributed by atoms with Crippen molar-refractivity contribution >= 4 is 64.5 Å². The number of H-pyrrole nitrogens is 1. The Morgan fingerprint density at radius 1 is 0.774 bits per heavy atom. The van der Waals surface area contributed by atoms with E-state index in [9.17, 15) is 24.0 Å². The van der Waals surface area contributed by atoms with E-state index in [0.29, 0.717) is 59.5 Å². The molecular weight excluding hydrogens is 677 g/mol. The minimum absolute atomic E-state index is 0.106. The van der Waals surface area contributed by atoms with E-state index in [4.69, 9.17) is 10.0 Å². The quantitative estimate of drug-likeness (QED) is 0.0420. The number of para-hydroxylation sites is 1. The van der Waals surface area contributed by atoms with Crippen LogP contribution in [0.1, 0.15) is 66.2 Å². The largest absolute Gasteiger partial charge is 0.488 e. The fraction of sp³-hybridized carbons (Fsp3) is 0.342. The lowest BCUT2D eigenvalue weighted by Gasteiger charge is -2.39. The number of urea groups is 2. The molecule has 53 heavy (non-hydrogen) atoms. The molecule has 0 aliphatic carbocycles. The van der Waals surface area contributed by atoms with Crippen LogP contribution in [0.25, 0.3) is 10.9 Å². The summed E-state index contributed by atoms with van der Waals surface area (Å²) in [6.07, 6.45) is 7.03. The molecule has 3 aromatic carbocycles. The van der Waals surface area contributed by atoms with Gasteiger partial charge in [-0.15, -0.1) is 0 Å². The molecule has 0 radical (unpaired) electrons. The standard InChI is InChI=1S/C38H46BN7O7/c1-26-25-45(35(48)27-12-7-6-8-13-27)22-23-46(26)36(49)34(47)31-24-42-33-30(31)14-11-15-32(33)44-38(51)41-21-10-5-3-2-4-9-20-40-37(50)43-29-18-16-28(17-19-29)39(52)53/h6-8,11-19,24,26,42,52-53H,2-5,9-10,20-23,25H2,1H3,(H2,40,43,50)(H2,41,44,51)/t26-/m1/s1. The number of fused-ring (bicyclic) bond motifs is 1. The number of Topliss-reactive ketones (excluding diaryl/α,β-unsaturated/α-hetero) is 1. The average molecular weight is 724 g/mol. The number of carbonyl (C=O) groups is 5. The molecular formula is C38H46BN7O7. The van der Waals surface area contributed by atoms with Crippen molar-refractivity contribution in [2.75, 3.05) is 43.4 Å². The lowest BCUT2D eigenvalue weighted by molar-refractivity contribution is -0.130. The van der Waals surface area contributed by atoms with Gasteiger partial charge in [0.05, 0.1) is 16.8 Å². The number of unbranched alkanes of at least 4 members (excludes halogenated alkanes) is 5. The van der Waals surface area contributed by atoms with Crippen molar-refractivity contribution in [3.8, 4) is 0 Å². The third-order valence-corrected chi connectivity index (χ3v) is 9.24. The smallest absolute Gasteiger partial charge is 0.423 e. The lowest BCUT2D eigenvalue weighted by atomic mass is 9.80. The zero-order valence-corrected chi connectivity index (χ0v) is 29.8. The molecule has 2 heterocycles. The third-order valence-electron chi connectivity index (χ3n) is 9.24. The number of nitrogens with zero attached hydrogens (tertiary/aromatic N) is 2. The van der Waals surface area contributed by atoms with E-state index in [-0.39, 0.29) is 36.1 Å². The first-order chi connectivity index (χ1) is 25.6. The van der Waals surface area contributed by atoms with E-state index in [0.717, 1.165) is 38.5 Å². The van der Waals surface area contributed by atoms with Crippen molar-refractivity contribution in [2.45, 2.75) is 51.5 Å². The molecule has 0 saturated carbocycles. The maximum Gasteiger partial charge on any atom is 0.488 e. The van der Waals surface area contributed by atoms with Crippen LogP contribution in [0.3, 0.4) is 0 Å². The van der Waals surface area contributed by atoms with Gasteiger partial charge in [0.1, 0.15) is 0 Å². The number of amides is 6. The predicted molar refractivity (Wildman–Crippen MR) is 204 cm³/mol. The molecule has 7 N–H and O–H groups in total. The minimum Gasteiger partial charge on any atom is -0.423 e. The molecule has 4 aromatic rings. The van der Waals surface area contributed by atoms with Gasteiger partial charge in [-0.1, -0.05) is 68.1 Å². The number of hydrogen-bond donors (Lipinski definition) is 7. The lowest BCUT2D eigenvalue weighted by Crippen LogP contribution is -2.56. The van der Waals surface area contributed by atoms with E-state index < -0.39 is 18.8 Å². The summed E-state index contributed by atoms with van der Waals surface area (Å²) in [6.45, 7) is 3.75. The molecule has 278 valence electrons. The molecule has 1 aromatic heterocycles. The molecule has 0 bridgehead atoms. The first-order valence-electron chi connectivity index (χ1n) is 18.0. The number of benzene rings is 3. The Kier molecular flexibility index (Phi) is 13.6. The zero-order valence-electron chi connectivity index (χ0n) is 29.8. The molecule has 1 aliphatic heterocycles. The molecule has 1 fully saturated rings. The first kappa shape index (κ1) is 38.6. The summed E-state index contributed by atoms with van der Waals surface area (Å²) >= 11 is 0. The van der Waals surface area contributed by atoms with Crippen molar-refractivity contribution in [2.24, 2.45) is 0 Å². The highest BCUT2D eigenvalue weighted by molar-refractivity contribution is 6.58. The minimum atomic E-state index is -1.55. The number of nitrogens with one attached hydrogen (secondary N) is 5. The number of aromatic nitrogens is 1. The molecule has 5 rings (SSSR count). The number of piperazine rings is 1. The van der Waals surface area contributed by atoms with Gasteiger partial charge in [0.2, 0.25) is 0 Å². The van der Waals surface area contributed by atoms with Crippen LogP contribution in [0.5, 0.6) is 0 Å². The summed E-state index contributed by atoms with van der Waals surface area (Å²) < 4.78 is 0. The van der Waals surface area contributed by atoms with Crippen LogP contribution < -0.4 is 26.7 Å². The zero-order chi connectivity index (χ0) is 37.7. The summed E-state index contributed by atoms with van der Waals surface area (Å²) in [7, 11) is -1.55. The van der Waals surface area contributed by atoms with E-state index in [2.05, 4.69) is 26.3 Å². The normalized spacial score (nSPS) is 14.1. The van der Waals surface area contributed by atoms with Crippen molar-refractivity contribution in [1.82, 2.24) is 25.4 Å². The molecule has 0 spiro atoms. The van der Waals surface area contributed by atoms with Gasteiger partial charge in [-0.2, -0.15) is 0 Å². The number of anilines is 2. The Hall–Kier alpha value is -5.67. The molecule has 1 saturated heterocycles. The molecule has 14 nitrogen and oxygen atoms in total. The second kappa shape index (κ2) is 18.7. The monoisotopic (exact) mass is 723 g/mol. The average Bonchev–Trinajstić information content (AvgIpc) is 3.60. The molecule has 15 heteroatoms. The van der Waals surface area contributed by atoms with Crippen LogP contribution in [0.4, 0.5) is 21.0 Å². The van der Waals surface area contributed by atoms with Crippen LogP contribution in [-0.4, -0.2) is 100 Å². The van der Waals surface area contributed by atoms with E-state index in [1.54, 1.807) is 47.4 Å². The first-order valence-corrected chi connectivity index (χ1v) is 18.0. The number of carbonyl (C=O) groups excluding carboxylic acids is 5. The second-order valence-corrected chi connectivity index (χ2v) is 13.1. The number of aromatic amines is 1. The van der Waals surface area contributed by atoms with Gasteiger partial charge in [0.15, 0.2) is 0 Å². The maximum atomic E-state index is 13.4. The molecule has 6 amide bonds. The SMILES string of the molecule is C[C@@H]1CN(C(=O)c2ccccc2)CCN1C(=O)C(=O)c1c[nH]c2c(NC(=O)NCCCCCCCCNC(=O)Nc3ccc(B(O)O)cc3)cccc12. The Balaban J connectivity index is 0.979. The molecule has 0 unspecified atom stereocenters. The summed E-state index contributed by atoms with van der Waals surface area (Å²) in [5, 5.41) is 30.0. The Morgan fingerprint density at radius 2 is 1.42 bits per heavy atom. The van der Waals surface area contributed by atoms with Crippen molar-refractivity contribution in [3.05, 3.63) is 90.1 Å². The Morgan fingerprint density at radius 3 is 2.06 bits per heavy atom. The van der Waals surface area contributed by atoms with Crippen LogP contribution in [0.2, 0.25) is 0 Å².